The fraction of sp³-hybridized carbons (Fsp3) is 0.667. The second kappa shape index (κ2) is 1.58. The van der Waals surface area contributed by atoms with Gasteiger partial charge in [-0.05, 0) is 6.92 Å². The average Bonchev–Trinajstić information content (AvgIpc) is 1.35. The van der Waals surface area contributed by atoms with Crippen molar-refractivity contribution in [2.45, 2.75) is 11.9 Å². The first-order valence-electron chi connectivity index (χ1n) is 1.43. The van der Waals surface area contributed by atoms with E-state index in [1.54, 1.807) is 0 Å². The maximum Gasteiger partial charge on any atom is 0.236 e. The zero-order valence-electron chi connectivity index (χ0n) is 3.36. The van der Waals surface area contributed by atoms with E-state index in [0.717, 1.165) is 0 Å². The van der Waals surface area contributed by atoms with Gasteiger partial charge in [-0.25, -0.2) is 0 Å². The smallest absolute Gasteiger partial charge is 0.236 e. The predicted octanol–water partition coefficient (Wildman–Crippen LogP) is 0.00980. The molecule has 0 fully saturated rings. The van der Waals surface area contributed by atoms with E-state index in [1.807, 2.05) is 0 Å². The Labute approximate surface area is 41.3 Å². The summed E-state index contributed by atoms with van der Waals surface area (Å²) in [7, 11) is 0. The van der Waals surface area contributed by atoms with Crippen LogP contribution in [0.3, 0.4) is 0 Å². The molecule has 3 heteroatoms. The van der Waals surface area contributed by atoms with E-state index in [2.05, 4.69) is 0 Å². The van der Waals surface area contributed by atoms with E-state index in [1.165, 1.54) is 13.2 Å². The standard InChI is InChI=1S/C3H5ClNO/c1-3(4,5)2-6/h5H2,1H3/t3-/m0/s1. The van der Waals surface area contributed by atoms with Crippen LogP contribution in [0.1, 0.15) is 6.92 Å². The van der Waals surface area contributed by atoms with Crippen LogP contribution in [0.15, 0.2) is 0 Å². The van der Waals surface area contributed by atoms with E-state index in [0.29, 0.717) is 0 Å². The van der Waals surface area contributed by atoms with Crippen molar-refractivity contribution in [3.05, 3.63) is 0 Å². The Kier molecular flexibility index (Phi) is 1.56. The number of hydrogen-bond donors (Lipinski definition) is 1. The highest BCUT2D eigenvalue weighted by Gasteiger charge is 2.10. The van der Waals surface area contributed by atoms with E-state index in [9.17, 15) is 4.79 Å². The lowest BCUT2D eigenvalue weighted by molar-refractivity contribution is 0.538. The normalized spacial score (nSPS) is 19.2. The van der Waals surface area contributed by atoms with Crippen LogP contribution in [-0.4, -0.2) is 11.3 Å². The van der Waals surface area contributed by atoms with Crippen molar-refractivity contribution < 1.29 is 4.79 Å². The minimum Gasteiger partial charge on any atom is -0.306 e. The van der Waals surface area contributed by atoms with Crippen molar-refractivity contribution in [2.24, 2.45) is 5.73 Å². The maximum atomic E-state index is 9.44. The molecule has 0 aromatic carbocycles. The van der Waals surface area contributed by atoms with E-state index < -0.39 is 5.00 Å². The van der Waals surface area contributed by atoms with Gasteiger partial charge in [0.25, 0.3) is 0 Å². The molecule has 6 heavy (non-hydrogen) atoms. The maximum absolute atomic E-state index is 9.44. The summed E-state index contributed by atoms with van der Waals surface area (Å²) in [5.41, 5.74) is 4.88. The van der Waals surface area contributed by atoms with Gasteiger partial charge in [0.05, 0.1) is 0 Å². The zero-order valence-corrected chi connectivity index (χ0v) is 4.12. The number of carbonyl (C=O) groups excluding carboxylic acids is 1. The summed E-state index contributed by atoms with van der Waals surface area (Å²) in [6.07, 6.45) is 1.40. The van der Waals surface area contributed by atoms with Gasteiger partial charge >= 0.3 is 0 Å². The number of halogens is 1. The largest absolute Gasteiger partial charge is 0.306 e. The van der Waals surface area contributed by atoms with E-state index in [4.69, 9.17) is 17.3 Å². The fourth-order valence-corrected chi connectivity index (χ4v) is 0. The lowest BCUT2D eigenvalue weighted by Gasteiger charge is -1.99. The van der Waals surface area contributed by atoms with Gasteiger partial charge in [0, 0.05) is 0 Å². The average molecular weight is 107 g/mol. The number of rotatable bonds is 1. The highest BCUT2D eigenvalue weighted by Crippen LogP contribution is 1.97. The molecule has 0 spiro atoms. The summed E-state index contributed by atoms with van der Waals surface area (Å²) in [5.74, 6) is 0. The van der Waals surface area contributed by atoms with Crippen molar-refractivity contribution in [3.8, 4) is 0 Å². The summed E-state index contributed by atoms with van der Waals surface area (Å²) < 4.78 is 0. The quantitative estimate of drug-likeness (QED) is 0.378. The summed E-state index contributed by atoms with van der Waals surface area (Å²) in [6.45, 7) is 1.36. The number of hydrogen-bond acceptors (Lipinski definition) is 2. The zero-order chi connectivity index (χ0) is 5.21. The van der Waals surface area contributed by atoms with Gasteiger partial charge in [0.1, 0.15) is 0 Å². The molecule has 0 amide bonds. The Morgan fingerprint density at radius 3 is 2.17 bits per heavy atom. The number of alkyl halides is 1. The van der Waals surface area contributed by atoms with Gasteiger partial charge in [-0.1, -0.05) is 11.6 Å². The van der Waals surface area contributed by atoms with E-state index in [-0.39, 0.29) is 0 Å². The molecule has 1 atom stereocenters. The summed E-state index contributed by atoms with van der Waals surface area (Å²) in [6, 6.07) is 0. The number of nitrogens with two attached hydrogens (primary N) is 1. The van der Waals surface area contributed by atoms with Crippen LogP contribution in [0.5, 0.6) is 0 Å². The Balaban J connectivity index is 3.45. The molecule has 0 heterocycles. The van der Waals surface area contributed by atoms with Gasteiger partial charge in [-0.2, -0.15) is 0 Å². The Hall–Kier alpha value is -0.0800. The second-order valence-electron chi connectivity index (χ2n) is 1.18. The molecule has 0 saturated heterocycles. The molecule has 35 valence electrons. The van der Waals surface area contributed by atoms with Crippen LogP contribution in [0.25, 0.3) is 0 Å². The van der Waals surface area contributed by atoms with Gasteiger partial charge in [-0.15, -0.1) is 0 Å². The first kappa shape index (κ1) is 5.92. The first-order valence-corrected chi connectivity index (χ1v) is 1.81. The minimum absolute atomic E-state index is 1.29. The lowest BCUT2D eigenvalue weighted by atomic mass is 10.4. The molecule has 0 rings (SSSR count). The third-order valence-corrected chi connectivity index (χ3v) is 0.277. The van der Waals surface area contributed by atoms with Crippen LogP contribution in [0, 0.1) is 0 Å². The molecule has 0 aromatic heterocycles. The SMILES string of the molecule is C[C@@](N)(Cl)[C]=O. The molecule has 0 aliphatic carbocycles. The Morgan fingerprint density at radius 2 is 2.17 bits per heavy atom. The topological polar surface area (TPSA) is 43.1 Å². The van der Waals surface area contributed by atoms with E-state index >= 15 is 0 Å². The molecule has 0 saturated carbocycles. The molecule has 0 bridgehead atoms. The molecule has 2 N–H and O–H groups in total. The third kappa shape index (κ3) is 3.92. The van der Waals surface area contributed by atoms with Crippen molar-refractivity contribution in [3.63, 3.8) is 0 Å². The lowest BCUT2D eigenvalue weighted by Crippen LogP contribution is -2.29. The highest BCUT2D eigenvalue weighted by atomic mass is 35.5. The molecule has 0 aliphatic rings. The van der Waals surface area contributed by atoms with Crippen molar-refractivity contribution in [2.75, 3.05) is 0 Å². The molecule has 1 radical (unpaired) electrons. The molecule has 0 unspecified atom stereocenters. The third-order valence-electron chi connectivity index (χ3n) is 0.200. The monoisotopic (exact) mass is 106 g/mol. The second-order valence-corrected chi connectivity index (χ2v) is 1.96. The molecule has 2 nitrogen and oxygen atoms in total. The first-order chi connectivity index (χ1) is 2.56. The summed E-state index contributed by atoms with van der Waals surface area (Å²) in [5, 5.41) is 0. The molecular formula is C3H5ClNO. The van der Waals surface area contributed by atoms with Crippen molar-refractivity contribution in [1.82, 2.24) is 0 Å². The molecule has 0 aromatic rings. The summed E-state index contributed by atoms with van der Waals surface area (Å²) >= 11 is 5.07. The van der Waals surface area contributed by atoms with Crippen LogP contribution in [-0.2, 0) is 4.79 Å². The van der Waals surface area contributed by atoms with Gasteiger partial charge in [-0.3, -0.25) is 4.79 Å². The van der Waals surface area contributed by atoms with Crippen LogP contribution in [0.2, 0.25) is 0 Å². The fourth-order valence-electron chi connectivity index (χ4n) is 0. The molecular weight excluding hydrogens is 101 g/mol. The van der Waals surface area contributed by atoms with Gasteiger partial charge < -0.3 is 5.73 Å². The summed E-state index contributed by atoms with van der Waals surface area (Å²) in [4.78, 5) is 8.15. The molecule has 0 aliphatic heterocycles. The Bertz CT molecular complexity index is 56.3. The predicted molar refractivity (Wildman–Crippen MR) is 24.1 cm³/mol. The van der Waals surface area contributed by atoms with Gasteiger partial charge in [0.15, 0.2) is 5.00 Å². The van der Waals surface area contributed by atoms with Gasteiger partial charge in [0.2, 0.25) is 6.29 Å². The Morgan fingerprint density at radius 1 is 2.00 bits per heavy atom. The van der Waals surface area contributed by atoms with Crippen LogP contribution >= 0.6 is 11.6 Å². The highest BCUT2D eigenvalue weighted by molar-refractivity contribution is 6.30. The van der Waals surface area contributed by atoms with Crippen molar-refractivity contribution >= 4 is 17.9 Å². The van der Waals surface area contributed by atoms with Crippen LogP contribution < -0.4 is 5.73 Å². The van der Waals surface area contributed by atoms with Crippen molar-refractivity contribution in [1.29, 1.82) is 0 Å². The van der Waals surface area contributed by atoms with Crippen LogP contribution in [0.4, 0.5) is 0 Å². The minimum atomic E-state index is -1.29.